The molecular weight excluding hydrogens is 290 g/mol. The molecule has 0 fully saturated rings. The van der Waals surface area contributed by atoms with Crippen molar-refractivity contribution >= 4 is 17.3 Å². The molecule has 0 aliphatic carbocycles. The molecule has 0 amide bonds. The predicted molar refractivity (Wildman–Crippen MR) is 83.6 cm³/mol. The lowest BCUT2D eigenvalue weighted by atomic mass is 10.2. The molecule has 2 aromatic rings. The highest BCUT2D eigenvalue weighted by Crippen LogP contribution is 2.24. The molecule has 0 saturated heterocycles. The van der Waals surface area contributed by atoms with E-state index in [-0.39, 0.29) is 5.69 Å². The topological polar surface area (TPSA) is 60.1 Å². The Morgan fingerprint density at radius 2 is 2.19 bits per heavy atom. The van der Waals surface area contributed by atoms with Crippen molar-refractivity contribution in [1.82, 2.24) is 9.88 Å². The summed E-state index contributed by atoms with van der Waals surface area (Å²) in [5.41, 5.74) is 1.87. The van der Waals surface area contributed by atoms with Crippen molar-refractivity contribution in [2.45, 2.75) is 26.4 Å². The molecule has 6 heteroatoms. The molecule has 0 unspecified atom stereocenters. The van der Waals surface area contributed by atoms with Crippen LogP contribution in [-0.4, -0.2) is 16.0 Å². The van der Waals surface area contributed by atoms with Crippen molar-refractivity contribution in [3.8, 4) is 0 Å². The number of nitro groups is 1. The fourth-order valence-electron chi connectivity index (χ4n) is 2.14. The molecule has 112 valence electrons. The van der Waals surface area contributed by atoms with Gasteiger partial charge in [-0.2, -0.15) is 0 Å². The average molecular weight is 308 g/mol. The molecule has 0 saturated carbocycles. The van der Waals surface area contributed by atoms with Gasteiger partial charge in [0.1, 0.15) is 0 Å². The summed E-state index contributed by atoms with van der Waals surface area (Å²) < 4.78 is 1.94. The zero-order chi connectivity index (χ0) is 15.2. The molecule has 1 aromatic heterocycles. The largest absolute Gasteiger partial charge is 0.349 e. The summed E-state index contributed by atoms with van der Waals surface area (Å²) >= 11 is 5.82. The number of nitrogens with one attached hydrogen (secondary N) is 1. The van der Waals surface area contributed by atoms with Crippen LogP contribution in [0.2, 0.25) is 5.02 Å². The molecule has 5 nitrogen and oxygen atoms in total. The highest BCUT2D eigenvalue weighted by atomic mass is 35.5. The molecule has 0 spiro atoms. The first kappa shape index (κ1) is 15.5. The number of benzene rings is 1. The van der Waals surface area contributed by atoms with Crippen molar-refractivity contribution in [3.05, 3.63) is 62.9 Å². The van der Waals surface area contributed by atoms with E-state index in [1.807, 2.05) is 23.0 Å². The zero-order valence-corrected chi connectivity index (χ0v) is 12.6. The molecular formula is C15H18ClN3O2. The Bertz CT molecular complexity index is 625. The van der Waals surface area contributed by atoms with Crippen molar-refractivity contribution in [1.29, 1.82) is 0 Å². The van der Waals surface area contributed by atoms with Gasteiger partial charge in [-0.3, -0.25) is 10.1 Å². The van der Waals surface area contributed by atoms with Gasteiger partial charge in [0.15, 0.2) is 0 Å². The average Bonchev–Trinajstić information content (AvgIpc) is 2.88. The minimum atomic E-state index is -0.394. The maximum Gasteiger partial charge on any atom is 0.275 e. The van der Waals surface area contributed by atoms with Crippen LogP contribution in [0.25, 0.3) is 0 Å². The van der Waals surface area contributed by atoms with Crippen LogP contribution >= 0.6 is 11.6 Å². The fraction of sp³-hybridized carbons (Fsp3) is 0.333. The third kappa shape index (κ3) is 4.31. The molecule has 2 rings (SSSR count). The second kappa shape index (κ2) is 7.24. The van der Waals surface area contributed by atoms with E-state index in [0.29, 0.717) is 17.1 Å². The van der Waals surface area contributed by atoms with E-state index in [9.17, 15) is 10.1 Å². The summed E-state index contributed by atoms with van der Waals surface area (Å²) in [6.45, 7) is 4.37. The van der Waals surface area contributed by atoms with Crippen LogP contribution in [0.3, 0.4) is 0 Å². The molecule has 0 atom stereocenters. The van der Waals surface area contributed by atoms with Gasteiger partial charge in [-0.15, -0.1) is 0 Å². The lowest BCUT2D eigenvalue weighted by molar-refractivity contribution is -0.385. The van der Waals surface area contributed by atoms with Crippen LogP contribution in [0.15, 0.2) is 36.7 Å². The van der Waals surface area contributed by atoms with Crippen molar-refractivity contribution in [3.63, 3.8) is 0 Å². The minimum Gasteiger partial charge on any atom is -0.349 e. The maximum absolute atomic E-state index is 11.1. The lowest BCUT2D eigenvalue weighted by Gasteiger charge is -2.05. The number of aromatic nitrogens is 1. The molecule has 1 aromatic carbocycles. The van der Waals surface area contributed by atoms with Crippen molar-refractivity contribution in [2.75, 3.05) is 6.54 Å². The van der Waals surface area contributed by atoms with Crippen LogP contribution in [0, 0.1) is 10.1 Å². The van der Waals surface area contributed by atoms with Crippen molar-refractivity contribution in [2.24, 2.45) is 0 Å². The SMILES string of the molecule is CCCNCc1ccn(Cc2ccc(Cl)cc2[N+](=O)[O-])c1. The molecule has 1 N–H and O–H groups in total. The van der Waals surface area contributed by atoms with E-state index >= 15 is 0 Å². The van der Waals surface area contributed by atoms with E-state index in [4.69, 9.17) is 11.6 Å². The van der Waals surface area contributed by atoms with Gasteiger partial charge in [0.25, 0.3) is 5.69 Å². The summed E-state index contributed by atoms with van der Waals surface area (Å²) in [5, 5.41) is 14.8. The highest BCUT2D eigenvalue weighted by molar-refractivity contribution is 6.30. The van der Waals surface area contributed by atoms with Crippen LogP contribution in [0.4, 0.5) is 5.69 Å². The maximum atomic E-state index is 11.1. The summed E-state index contributed by atoms with van der Waals surface area (Å²) in [4.78, 5) is 10.7. The summed E-state index contributed by atoms with van der Waals surface area (Å²) in [6, 6.07) is 6.79. The van der Waals surface area contributed by atoms with Gasteiger partial charge in [-0.1, -0.05) is 18.5 Å². The third-order valence-corrected chi connectivity index (χ3v) is 3.40. The van der Waals surface area contributed by atoms with E-state index < -0.39 is 4.92 Å². The van der Waals surface area contributed by atoms with Gasteiger partial charge in [-0.25, -0.2) is 0 Å². The van der Waals surface area contributed by atoms with Crippen LogP contribution in [-0.2, 0) is 13.1 Å². The highest BCUT2D eigenvalue weighted by Gasteiger charge is 2.14. The monoisotopic (exact) mass is 307 g/mol. The number of hydrogen-bond acceptors (Lipinski definition) is 3. The Morgan fingerprint density at radius 3 is 2.90 bits per heavy atom. The lowest BCUT2D eigenvalue weighted by Crippen LogP contribution is -2.13. The normalized spacial score (nSPS) is 10.8. The van der Waals surface area contributed by atoms with Gasteiger partial charge < -0.3 is 9.88 Å². The standard InChI is InChI=1S/C15H18ClN3O2/c1-2-6-17-9-12-5-7-18(10-12)11-13-3-4-14(16)8-15(13)19(20)21/h3-5,7-8,10,17H,2,6,9,11H2,1H3. The van der Waals surface area contributed by atoms with Crippen LogP contribution < -0.4 is 5.32 Å². The van der Waals surface area contributed by atoms with Crippen LogP contribution in [0.5, 0.6) is 0 Å². The molecule has 0 bridgehead atoms. The molecule has 0 aliphatic heterocycles. The second-order valence-electron chi connectivity index (χ2n) is 4.90. The Kier molecular flexibility index (Phi) is 5.36. The van der Waals surface area contributed by atoms with Gasteiger partial charge in [0, 0.05) is 35.6 Å². The Balaban J connectivity index is 2.10. The number of nitro benzene ring substituents is 1. The first-order chi connectivity index (χ1) is 10.1. The third-order valence-electron chi connectivity index (χ3n) is 3.16. The number of hydrogen-bond donors (Lipinski definition) is 1. The molecule has 1 heterocycles. The Morgan fingerprint density at radius 1 is 1.38 bits per heavy atom. The van der Waals surface area contributed by atoms with Crippen LogP contribution in [0.1, 0.15) is 24.5 Å². The minimum absolute atomic E-state index is 0.0573. The molecule has 0 aliphatic rings. The van der Waals surface area contributed by atoms with E-state index in [0.717, 1.165) is 19.5 Å². The van der Waals surface area contributed by atoms with Crippen molar-refractivity contribution < 1.29 is 4.92 Å². The van der Waals surface area contributed by atoms with Gasteiger partial charge in [0.2, 0.25) is 0 Å². The second-order valence-corrected chi connectivity index (χ2v) is 5.34. The Hall–Kier alpha value is -1.85. The first-order valence-electron chi connectivity index (χ1n) is 6.88. The zero-order valence-electron chi connectivity index (χ0n) is 11.9. The van der Waals surface area contributed by atoms with Gasteiger partial charge in [0.05, 0.1) is 11.5 Å². The first-order valence-corrected chi connectivity index (χ1v) is 7.26. The quantitative estimate of drug-likeness (QED) is 0.483. The van der Waals surface area contributed by atoms with Gasteiger partial charge in [-0.05, 0) is 36.7 Å². The van der Waals surface area contributed by atoms with E-state index in [1.54, 1.807) is 12.1 Å². The number of halogens is 1. The summed E-state index contributed by atoms with van der Waals surface area (Å²) in [5.74, 6) is 0. The molecule has 0 radical (unpaired) electrons. The van der Waals surface area contributed by atoms with Gasteiger partial charge >= 0.3 is 0 Å². The summed E-state index contributed by atoms with van der Waals surface area (Å²) in [6.07, 6.45) is 5.03. The summed E-state index contributed by atoms with van der Waals surface area (Å²) in [7, 11) is 0. The molecule has 21 heavy (non-hydrogen) atoms. The predicted octanol–water partition coefficient (Wildman–Crippen LogP) is 3.60. The Labute approximate surface area is 128 Å². The fourth-order valence-corrected chi connectivity index (χ4v) is 2.31. The van der Waals surface area contributed by atoms with E-state index in [1.165, 1.54) is 11.6 Å². The number of rotatable bonds is 7. The van der Waals surface area contributed by atoms with E-state index in [2.05, 4.69) is 12.2 Å². The smallest absolute Gasteiger partial charge is 0.275 e. The number of nitrogens with zero attached hydrogens (tertiary/aromatic N) is 2.